The van der Waals surface area contributed by atoms with Crippen molar-refractivity contribution >= 4 is 6.47 Å². The maximum Gasteiger partial charge on any atom is 0.293 e. The number of hydrogen-bond acceptors (Lipinski definition) is 4. The van der Waals surface area contributed by atoms with Gasteiger partial charge in [-0.25, -0.2) is 0 Å². The van der Waals surface area contributed by atoms with Gasteiger partial charge in [0.1, 0.15) is 5.60 Å². The van der Waals surface area contributed by atoms with Gasteiger partial charge in [-0.05, 0) is 31.6 Å². The first-order valence-corrected chi connectivity index (χ1v) is 7.52. The fraction of sp³-hybridized carbons (Fsp3) is 0.933. The van der Waals surface area contributed by atoms with Crippen LogP contribution in [0, 0.1) is 11.3 Å². The monoisotopic (exact) mass is 266 g/mol. The largest absolute Gasteiger partial charge is 0.461 e. The zero-order chi connectivity index (χ0) is 13.4. The average molecular weight is 266 g/mol. The van der Waals surface area contributed by atoms with E-state index in [4.69, 9.17) is 14.2 Å². The van der Waals surface area contributed by atoms with Crippen molar-refractivity contribution in [3.05, 3.63) is 0 Å². The molecule has 4 nitrogen and oxygen atoms in total. The molecule has 0 radical (unpaired) electrons. The van der Waals surface area contributed by atoms with E-state index in [0.717, 1.165) is 12.8 Å². The van der Waals surface area contributed by atoms with Gasteiger partial charge in [-0.2, -0.15) is 0 Å². The third-order valence-corrected chi connectivity index (χ3v) is 6.03. The predicted octanol–water partition coefficient (Wildman–Crippen LogP) is 2.75. The molecule has 2 unspecified atom stereocenters. The van der Waals surface area contributed by atoms with Gasteiger partial charge in [0.15, 0.2) is 0 Å². The topological polar surface area (TPSA) is 51.4 Å². The molecule has 0 bridgehead atoms. The number of ether oxygens (including phenoxy) is 3. The van der Waals surface area contributed by atoms with E-state index in [-0.39, 0.29) is 17.1 Å². The van der Waals surface area contributed by atoms with Crippen LogP contribution in [0.4, 0.5) is 0 Å². The number of carbonyl (C=O) groups is 1. The maximum absolute atomic E-state index is 10.9. The lowest BCUT2D eigenvalue weighted by Crippen LogP contribution is -2.53. The van der Waals surface area contributed by atoms with Crippen LogP contribution in [0.15, 0.2) is 0 Å². The molecule has 19 heavy (non-hydrogen) atoms. The average Bonchev–Trinajstić information content (AvgIpc) is 3.15. The van der Waals surface area contributed by atoms with Crippen molar-refractivity contribution in [2.24, 2.45) is 11.3 Å². The van der Waals surface area contributed by atoms with Gasteiger partial charge in [0.2, 0.25) is 11.6 Å². The first kappa shape index (κ1) is 12.2. The van der Waals surface area contributed by atoms with E-state index < -0.39 is 11.4 Å². The summed E-state index contributed by atoms with van der Waals surface area (Å²) in [6.07, 6.45) is 7.88. The minimum Gasteiger partial charge on any atom is -0.461 e. The first-order chi connectivity index (χ1) is 9.01. The normalized spacial score (nSPS) is 53.7. The van der Waals surface area contributed by atoms with Crippen molar-refractivity contribution in [2.45, 2.75) is 76.0 Å². The second-order valence-corrected chi connectivity index (χ2v) is 7.30. The van der Waals surface area contributed by atoms with Gasteiger partial charge in [0.05, 0.1) is 5.92 Å². The number of carbonyl (C=O) groups excluding carboxylic acids is 1. The van der Waals surface area contributed by atoms with Gasteiger partial charge in [-0.1, -0.05) is 26.2 Å². The Morgan fingerprint density at radius 1 is 1.05 bits per heavy atom. The lowest BCUT2D eigenvalue weighted by molar-refractivity contribution is -0.186. The van der Waals surface area contributed by atoms with Crippen molar-refractivity contribution in [2.75, 3.05) is 0 Å². The zero-order valence-corrected chi connectivity index (χ0v) is 11.7. The second-order valence-electron chi connectivity index (χ2n) is 7.30. The molecule has 2 saturated carbocycles. The van der Waals surface area contributed by atoms with E-state index in [1.807, 2.05) is 0 Å². The molecular weight excluding hydrogens is 244 g/mol. The number of hydrogen-bond donors (Lipinski definition) is 0. The summed E-state index contributed by atoms with van der Waals surface area (Å²) in [5, 5.41) is 0. The van der Waals surface area contributed by atoms with E-state index >= 15 is 0 Å². The third kappa shape index (κ3) is 1.34. The van der Waals surface area contributed by atoms with Crippen LogP contribution in [0.25, 0.3) is 0 Å². The van der Waals surface area contributed by atoms with Gasteiger partial charge in [-0.3, -0.25) is 4.79 Å². The molecule has 0 aromatic heterocycles. The van der Waals surface area contributed by atoms with Crippen molar-refractivity contribution < 1.29 is 19.0 Å². The van der Waals surface area contributed by atoms with Crippen LogP contribution in [0.5, 0.6) is 0 Å². The molecule has 2 aliphatic carbocycles. The van der Waals surface area contributed by atoms with Crippen LogP contribution in [0.2, 0.25) is 0 Å². The molecule has 2 aliphatic heterocycles. The summed E-state index contributed by atoms with van der Waals surface area (Å²) in [7, 11) is 0. The molecule has 0 N–H and O–H groups in total. The molecule has 2 heterocycles. The summed E-state index contributed by atoms with van der Waals surface area (Å²) < 4.78 is 17.3. The number of epoxide rings is 2. The Bertz CT molecular complexity index is 420. The standard InChI is InChI=1S/C15H22O4/c1-12(6-4-3-5-7-12)11-13(2,17-10-16)8-9-14-15(11,18-14)19-14/h10-11H,3-9H2,1-2H3. The fourth-order valence-electron chi connectivity index (χ4n) is 5.10. The van der Waals surface area contributed by atoms with Gasteiger partial charge in [-0.15, -0.1) is 0 Å². The molecule has 2 atom stereocenters. The molecule has 106 valence electrons. The Morgan fingerprint density at radius 3 is 2.37 bits per heavy atom. The Labute approximate surface area is 113 Å². The molecule has 0 spiro atoms. The molecule has 4 fully saturated rings. The highest BCUT2D eigenvalue weighted by Crippen LogP contribution is 2.81. The van der Waals surface area contributed by atoms with Gasteiger partial charge in [0, 0.05) is 6.42 Å². The molecule has 0 aromatic rings. The van der Waals surface area contributed by atoms with Crippen LogP contribution < -0.4 is 0 Å². The molecule has 0 amide bonds. The Hall–Kier alpha value is -0.610. The molecule has 4 aliphatic rings. The Kier molecular flexibility index (Phi) is 2.14. The summed E-state index contributed by atoms with van der Waals surface area (Å²) in [6, 6.07) is 0. The summed E-state index contributed by atoms with van der Waals surface area (Å²) in [4.78, 5) is 10.9. The smallest absolute Gasteiger partial charge is 0.293 e. The lowest BCUT2D eigenvalue weighted by atomic mass is 9.57. The van der Waals surface area contributed by atoms with Crippen LogP contribution in [0.3, 0.4) is 0 Å². The van der Waals surface area contributed by atoms with Crippen LogP contribution in [-0.4, -0.2) is 23.6 Å². The second kappa shape index (κ2) is 3.34. The minimum atomic E-state index is -0.440. The van der Waals surface area contributed by atoms with Crippen LogP contribution in [-0.2, 0) is 19.0 Å². The van der Waals surface area contributed by atoms with Gasteiger partial charge >= 0.3 is 0 Å². The van der Waals surface area contributed by atoms with Crippen molar-refractivity contribution in [3.63, 3.8) is 0 Å². The van der Waals surface area contributed by atoms with Crippen molar-refractivity contribution in [1.29, 1.82) is 0 Å². The summed E-state index contributed by atoms with van der Waals surface area (Å²) in [6.45, 7) is 5.00. The number of rotatable bonds is 3. The third-order valence-electron chi connectivity index (χ3n) is 6.03. The Morgan fingerprint density at radius 2 is 1.74 bits per heavy atom. The van der Waals surface area contributed by atoms with E-state index in [0.29, 0.717) is 6.47 Å². The first-order valence-electron chi connectivity index (χ1n) is 7.52. The van der Waals surface area contributed by atoms with Crippen LogP contribution >= 0.6 is 0 Å². The molecular formula is C15H22O4. The molecule has 4 heteroatoms. The van der Waals surface area contributed by atoms with Crippen LogP contribution in [0.1, 0.15) is 58.8 Å². The van der Waals surface area contributed by atoms with E-state index in [9.17, 15) is 4.79 Å². The van der Waals surface area contributed by atoms with Gasteiger partial charge in [0.25, 0.3) is 6.47 Å². The predicted molar refractivity (Wildman–Crippen MR) is 67.1 cm³/mol. The summed E-state index contributed by atoms with van der Waals surface area (Å²) in [5.74, 6) is -0.550. The van der Waals surface area contributed by atoms with Gasteiger partial charge < -0.3 is 14.2 Å². The molecule has 2 saturated heterocycles. The molecule has 0 aromatic carbocycles. The summed E-state index contributed by atoms with van der Waals surface area (Å²) in [5.41, 5.74) is -0.279. The lowest BCUT2D eigenvalue weighted by Gasteiger charge is -2.48. The van der Waals surface area contributed by atoms with Crippen molar-refractivity contribution in [1.82, 2.24) is 0 Å². The van der Waals surface area contributed by atoms with E-state index in [1.54, 1.807) is 0 Å². The highest BCUT2D eigenvalue weighted by atomic mass is 17.0. The highest BCUT2D eigenvalue weighted by Gasteiger charge is 2.97. The van der Waals surface area contributed by atoms with E-state index in [1.165, 1.54) is 32.1 Å². The SMILES string of the molecule is CC1(C2C(C)(OC=O)CCC34OC23O4)CCCCC1. The minimum absolute atomic E-state index is 0.161. The van der Waals surface area contributed by atoms with E-state index in [2.05, 4.69) is 13.8 Å². The summed E-state index contributed by atoms with van der Waals surface area (Å²) >= 11 is 0. The fourth-order valence-corrected chi connectivity index (χ4v) is 5.10. The molecule has 4 rings (SSSR count). The van der Waals surface area contributed by atoms with Crippen molar-refractivity contribution in [3.8, 4) is 0 Å². The quantitative estimate of drug-likeness (QED) is 0.582. The maximum atomic E-state index is 10.9. The Balaban J connectivity index is 1.71. The zero-order valence-electron chi connectivity index (χ0n) is 11.7. The highest BCUT2D eigenvalue weighted by molar-refractivity contribution is 5.40.